The van der Waals surface area contributed by atoms with E-state index in [0.29, 0.717) is 22.0 Å². The number of hydrogen-bond donors (Lipinski definition) is 2. The van der Waals surface area contributed by atoms with Crippen LogP contribution in [0.15, 0.2) is 30.5 Å². The number of halogens is 2. The predicted octanol–water partition coefficient (Wildman–Crippen LogP) is 4.35. The Kier molecular flexibility index (Phi) is 4.45. The maximum atomic E-state index is 5.94. The van der Waals surface area contributed by atoms with Crippen LogP contribution in [0, 0.1) is 0 Å². The fraction of sp³-hybridized carbons (Fsp3) is 0.231. The smallest absolute Gasteiger partial charge is 0.229 e. The molecule has 2 rings (SSSR count). The molecule has 0 spiro atoms. The molecule has 6 heteroatoms. The number of nitrogens with zero attached hydrogens (tertiary/aromatic N) is 2. The summed E-state index contributed by atoms with van der Waals surface area (Å²) in [5.41, 5.74) is 0.749. The van der Waals surface area contributed by atoms with Crippen LogP contribution in [0.4, 0.5) is 17.5 Å². The number of anilines is 3. The van der Waals surface area contributed by atoms with Crippen molar-refractivity contribution < 1.29 is 0 Å². The number of hydrogen-bond acceptors (Lipinski definition) is 4. The maximum Gasteiger partial charge on any atom is 0.229 e. The van der Waals surface area contributed by atoms with Crippen LogP contribution in [0.3, 0.4) is 0 Å². The molecule has 4 nitrogen and oxygen atoms in total. The van der Waals surface area contributed by atoms with Gasteiger partial charge in [-0.25, -0.2) is 4.98 Å². The minimum atomic E-state index is 0.309. The first kappa shape index (κ1) is 13.9. The van der Waals surface area contributed by atoms with E-state index in [2.05, 4.69) is 20.6 Å². The average molecular weight is 297 g/mol. The Bertz CT molecular complexity index is 552. The predicted molar refractivity (Wildman–Crippen MR) is 80.5 cm³/mol. The van der Waals surface area contributed by atoms with E-state index in [4.69, 9.17) is 23.2 Å². The summed E-state index contributed by atoms with van der Waals surface area (Å²) in [6.45, 7) is 4.10. The van der Waals surface area contributed by atoms with Crippen molar-refractivity contribution in [1.29, 1.82) is 0 Å². The Morgan fingerprint density at radius 1 is 1.11 bits per heavy atom. The lowest BCUT2D eigenvalue weighted by Gasteiger charge is -2.10. The minimum absolute atomic E-state index is 0.309. The second-order valence-corrected chi connectivity index (χ2v) is 5.22. The van der Waals surface area contributed by atoms with Gasteiger partial charge >= 0.3 is 0 Å². The van der Waals surface area contributed by atoms with Crippen molar-refractivity contribution >= 4 is 40.7 Å². The van der Waals surface area contributed by atoms with Crippen molar-refractivity contribution in [3.05, 3.63) is 40.5 Å². The van der Waals surface area contributed by atoms with Crippen molar-refractivity contribution in [2.24, 2.45) is 0 Å². The molecular formula is C13H14Cl2N4. The highest BCUT2D eigenvalue weighted by Gasteiger charge is 2.03. The quantitative estimate of drug-likeness (QED) is 0.881. The van der Waals surface area contributed by atoms with Gasteiger partial charge in [0, 0.05) is 28.0 Å². The van der Waals surface area contributed by atoms with Crippen LogP contribution in [-0.4, -0.2) is 16.0 Å². The van der Waals surface area contributed by atoms with Gasteiger partial charge in [-0.1, -0.05) is 23.2 Å². The SMILES string of the molecule is CC(C)Nc1ccnc(Nc2cc(Cl)cc(Cl)c2)n1. The van der Waals surface area contributed by atoms with Gasteiger partial charge in [0.15, 0.2) is 0 Å². The molecule has 1 aromatic carbocycles. The molecule has 0 saturated carbocycles. The van der Waals surface area contributed by atoms with Crippen LogP contribution >= 0.6 is 23.2 Å². The van der Waals surface area contributed by atoms with Gasteiger partial charge < -0.3 is 10.6 Å². The Morgan fingerprint density at radius 2 is 1.79 bits per heavy atom. The molecule has 0 aliphatic carbocycles. The van der Waals surface area contributed by atoms with Crippen LogP contribution in [0.25, 0.3) is 0 Å². The summed E-state index contributed by atoms with van der Waals surface area (Å²) in [6, 6.07) is 7.32. The molecule has 0 bridgehead atoms. The molecule has 0 aliphatic rings. The van der Waals surface area contributed by atoms with Gasteiger partial charge in [0.1, 0.15) is 5.82 Å². The Balaban J connectivity index is 2.18. The number of benzene rings is 1. The van der Waals surface area contributed by atoms with Crippen molar-refractivity contribution in [1.82, 2.24) is 9.97 Å². The fourth-order valence-corrected chi connectivity index (χ4v) is 2.08. The highest BCUT2D eigenvalue weighted by Crippen LogP contribution is 2.24. The van der Waals surface area contributed by atoms with Crippen molar-refractivity contribution in [3.8, 4) is 0 Å². The van der Waals surface area contributed by atoms with Crippen LogP contribution in [-0.2, 0) is 0 Å². The summed E-state index contributed by atoms with van der Waals surface area (Å²) >= 11 is 11.9. The van der Waals surface area contributed by atoms with Crippen molar-refractivity contribution in [2.45, 2.75) is 19.9 Å². The average Bonchev–Trinajstić information content (AvgIpc) is 2.26. The van der Waals surface area contributed by atoms with E-state index in [1.165, 1.54) is 0 Å². The lowest BCUT2D eigenvalue weighted by Crippen LogP contribution is -2.11. The van der Waals surface area contributed by atoms with Gasteiger partial charge in [0.2, 0.25) is 5.95 Å². The van der Waals surface area contributed by atoms with E-state index >= 15 is 0 Å². The molecule has 0 saturated heterocycles. The first-order valence-electron chi connectivity index (χ1n) is 5.85. The molecule has 0 amide bonds. The van der Waals surface area contributed by atoms with Gasteiger partial charge in [-0.2, -0.15) is 4.98 Å². The largest absolute Gasteiger partial charge is 0.368 e. The maximum absolute atomic E-state index is 5.94. The third-order valence-corrected chi connectivity index (χ3v) is 2.65. The van der Waals surface area contributed by atoms with Crippen LogP contribution in [0.2, 0.25) is 10.0 Å². The van der Waals surface area contributed by atoms with Gasteiger partial charge in [-0.05, 0) is 38.1 Å². The number of rotatable bonds is 4. The van der Waals surface area contributed by atoms with E-state index in [1.54, 1.807) is 24.4 Å². The standard InChI is InChI=1S/C13H14Cl2N4/c1-8(2)17-12-3-4-16-13(19-12)18-11-6-9(14)5-10(15)7-11/h3-8H,1-2H3,(H2,16,17,18,19). The van der Waals surface area contributed by atoms with Crippen LogP contribution < -0.4 is 10.6 Å². The molecular weight excluding hydrogens is 283 g/mol. The Labute approximate surface area is 122 Å². The van der Waals surface area contributed by atoms with Gasteiger partial charge in [-0.3, -0.25) is 0 Å². The molecule has 19 heavy (non-hydrogen) atoms. The highest BCUT2D eigenvalue weighted by molar-refractivity contribution is 6.35. The monoisotopic (exact) mass is 296 g/mol. The zero-order chi connectivity index (χ0) is 13.8. The van der Waals surface area contributed by atoms with Crippen molar-refractivity contribution in [2.75, 3.05) is 10.6 Å². The normalized spacial score (nSPS) is 10.6. The minimum Gasteiger partial charge on any atom is -0.368 e. The van der Waals surface area contributed by atoms with E-state index in [0.717, 1.165) is 11.5 Å². The Morgan fingerprint density at radius 3 is 2.42 bits per heavy atom. The summed E-state index contributed by atoms with van der Waals surface area (Å²) < 4.78 is 0. The molecule has 2 aromatic rings. The molecule has 0 unspecified atom stereocenters. The summed E-state index contributed by atoms with van der Waals surface area (Å²) in [7, 11) is 0. The molecule has 1 heterocycles. The molecule has 100 valence electrons. The lowest BCUT2D eigenvalue weighted by atomic mass is 10.3. The first-order valence-corrected chi connectivity index (χ1v) is 6.61. The zero-order valence-corrected chi connectivity index (χ0v) is 12.1. The molecule has 1 aromatic heterocycles. The van der Waals surface area contributed by atoms with Gasteiger partial charge in [-0.15, -0.1) is 0 Å². The lowest BCUT2D eigenvalue weighted by molar-refractivity contribution is 0.887. The molecule has 2 N–H and O–H groups in total. The fourth-order valence-electron chi connectivity index (χ4n) is 1.55. The summed E-state index contributed by atoms with van der Waals surface area (Å²) in [5, 5.41) is 7.40. The highest BCUT2D eigenvalue weighted by atomic mass is 35.5. The number of aromatic nitrogens is 2. The van der Waals surface area contributed by atoms with E-state index in [9.17, 15) is 0 Å². The van der Waals surface area contributed by atoms with E-state index in [1.807, 2.05) is 19.9 Å². The Hall–Kier alpha value is -1.52. The second kappa shape index (κ2) is 6.08. The summed E-state index contributed by atoms with van der Waals surface area (Å²) in [4.78, 5) is 8.50. The molecule has 0 fully saturated rings. The van der Waals surface area contributed by atoms with Crippen molar-refractivity contribution in [3.63, 3.8) is 0 Å². The molecule has 0 aliphatic heterocycles. The van der Waals surface area contributed by atoms with Crippen LogP contribution in [0.5, 0.6) is 0 Å². The molecule has 0 atom stereocenters. The topological polar surface area (TPSA) is 49.8 Å². The van der Waals surface area contributed by atoms with Crippen LogP contribution in [0.1, 0.15) is 13.8 Å². The third-order valence-electron chi connectivity index (χ3n) is 2.21. The summed E-state index contributed by atoms with van der Waals surface area (Å²) in [6.07, 6.45) is 1.69. The first-order chi connectivity index (χ1) is 9.02. The molecule has 0 radical (unpaired) electrons. The van der Waals surface area contributed by atoms with Gasteiger partial charge in [0.05, 0.1) is 0 Å². The van der Waals surface area contributed by atoms with E-state index < -0.39 is 0 Å². The second-order valence-electron chi connectivity index (χ2n) is 4.35. The van der Waals surface area contributed by atoms with Gasteiger partial charge in [0.25, 0.3) is 0 Å². The van der Waals surface area contributed by atoms with E-state index in [-0.39, 0.29) is 0 Å². The zero-order valence-electron chi connectivity index (χ0n) is 10.6. The number of nitrogens with one attached hydrogen (secondary N) is 2. The summed E-state index contributed by atoms with van der Waals surface area (Å²) in [5.74, 6) is 1.25. The third kappa shape index (κ3) is 4.26.